The van der Waals surface area contributed by atoms with Crippen molar-refractivity contribution in [3.8, 4) is 5.75 Å². The summed E-state index contributed by atoms with van der Waals surface area (Å²) in [5.74, 6) is 2.90. The van der Waals surface area contributed by atoms with Gasteiger partial charge in [0.25, 0.3) is 0 Å². The van der Waals surface area contributed by atoms with Crippen molar-refractivity contribution in [3.63, 3.8) is 0 Å². The molecule has 3 rings (SSSR count). The molecule has 1 aromatic carbocycles. The first-order chi connectivity index (χ1) is 9.81. The number of aryl methyl sites for hydroxylation is 2. The second kappa shape index (κ2) is 5.83. The lowest BCUT2D eigenvalue weighted by Gasteiger charge is -2.09. The van der Waals surface area contributed by atoms with E-state index in [2.05, 4.69) is 22.9 Å². The van der Waals surface area contributed by atoms with Gasteiger partial charge in [-0.3, -0.25) is 0 Å². The van der Waals surface area contributed by atoms with Crippen LogP contribution in [0, 0.1) is 5.92 Å². The SMILES string of the molecule is CCn1c(CCC2CCNC2)nc2cc(OC)ccc21. The van der Waals surface area contributed by atoms with Crippen LogP contribution in [0.2, 0.25) is 0 Å². The van der Waals surface area contributed by atoms with Crippen molar-refractivity contribution in [1.29, 1.82) is 0 Å². The summed E-state index contributed by atoms with van der Waals surface area (Å²) < 4.78 is 7.62. The Hall–Kier alpha value is -1.55. The van der Waals surface area contributed by atoms with Crippen LogP contribution in [0.5, 0.6) is 5.75 Å². The summed E-state index contributed by atoms with van der Waals surface area (Å²) in [6.45, 7) is 5.50. The number of hydrogen-bond donors (Lipinski definition) is 1. The van der Waals surface area contributed by atoms with E-state index in [0.717, 1.165) is 30.1 Å². The molecule has 20 heavy (non-hydrogen) atoms. The van der Waals surface area contributed by atoms with Crippen molar-refractivity contribution in [2.75, 3.05) is 20.2 Å². The van der Waals surface area contributed by atoms with Gasteiger partial charge in [0.1, 0.15) is 11.6 Å². The van der Waals surface area contributed by atoms with E-state index in [1.54, 1.807) is 7.11 Å². The molecule has 0 saturated carbocycles. The zero-order valence-corrected chi connectivity index (χ0v) is 12.4. The molecule has 0 bridgehead atoms. The number of rotatable bonds is 5. The summed E-state index contributed by atoms with van der Waals surface area (Å²) in [5.41, 5.74) is 2.26. The molecule has 0 spiro atoms. The summed E-state index contributed by atoms with van der Waals surface area (Å²) in [4.78, 5) is 4.82. The molecule has 1 fully saturated rings. The van der Waals surface area contributed by atoms with Gasteiger partial charge in [-0.05, 0) is 50.9 Å². The van der Waals surface area contributed by atoms with Gasteiger partial charge in [0.05, 0.1) is 18.1 Å². The molecule has 1 N–H and O–H groups in total. The third-order valence-electron chi connectivity index (χ3n) is 4.29. The third-order valence-corrected chi connectivity index (χ3v) is 4.29. The largest absolute Gasteiger partial charge is 0.497 e. The second-order valence-corrected chi connectivity index (χ2v) is 5.52. The maximum Gasteiger partial charge on any atom is 0.121 e. The van der Waals surface area contributed by atoms with Gasteiger partial charge in [-0.15, -0.1) is 0 Å². The van der Waals surface area contributed by atoms with E-state index in [1.165, 1.54) is 37.3 Å². The fourth-order valence-corrected chi connectivity index (χ4v) is 3.12. The van der Waals surface area contributed by atoms with Crippen molar-refractivity contribution in [3.05, 3.63) is 24.0 Å². The summed E-state index contributed by atoms with van der Waals surface area (Å²) in [6, 6.07) is 6.16. The number of nitrogens with one attached hydrogen (secondary N) is 1. The first-order valence-corrected chi connectivity index (χ1v) is 7.55. The van der Waals surface area contributed by atoms with Crippen molar-refractivity contribution in [2.24, 2.45) is 5.92 Å². The van der Waals surface area contributed by atoms with Gasteiger partial charge in [0, 0.05) is 19.0 Å². The lowest BCUT2D eigenvalue weighted by Crippen LogP contribution is -2.11. The first kappa shape index (κ1) is 13.4. The van der Waals surface area contributed by atoms with Gasteiger partial charge < -0.3 is 14.6 Å². The number of ether oxygens (including phenoxy) is 1. The van der Waals surface area contributed by atoms with Gasteiger partial charge >= 0.3 is 0 Å². The van der Waals surface area contributed by atoms with Crippen LogP contribution in [0.15, 0.2) is 18.2 Å². The maximum absolute atomic E-state index is 5.29. The highest BCUT2D eigenvalue weighted by Crippen LogP contribution is 2.23. The molecule has 1 saturated heterocycles. The molecule has 0 aliphatic carbocycles. The molecule has 1 aliphatic rings. The maximum atomic E-state index is 5.29. The van der Waals surface area contributed by atoms with Gasteiger partial charge in [0.15, 0.2) is 0 Å². The van der Waals surface area contributed by atoms with E-state index in [-0.39, 0.29) is 0 Å². The fourth-order valence-electron chi connectivity index (χ4n) is 3.12. The molecule has 1 aliphatic heterocycles. The van der Waals surface area contributed by atoms with Crippen LogP contribution in [0.1, 0.15) is 25.6 Å². The highest BCUT2D eigenvalue weighted by atomic mass is 16.5. The molecular weight excluding hydrogens is 250 g/mol. The monoisotopic (exact) mass is 273 g/mol. The Labute approximate surface area is 120 Å². The Bertz CT molecular complexity index is 585. The highest BCUT2D eigenvalue weighted by Gasteiger charge is 2.16. The number of hydrogen-bond acceptors (Lipinski definition) is 3. The van der Waals surface area contributed by atoms with Crippen LogP contribution in [0.25, 0.3) is 11.0 Å². The zero-order valence-electron chi connectivity index (χ0n) is 12.4. The average molecular weight is 273 g/mol. The molecule has 0 amide bonds. The molecule has 1 aromatic heterocycles. The predicted molar refractivity (Wildman–Crippen MR) is 81.3 cm³/mol. The van der Waals surface area contributed by atoms with Gasteiger partial charge in [-0.25, -0.2) is 4.98 Å². The molecule has 4 heteroatoms. The summed E-state index contributed by atoms with van der Waals surface area (Å²) in [7, 11) is 1.70. The van der Waals surface area contributed by atoms with E-state index in [4.69, 9.17) is 9.72 Å². The summed E-state index contributed by atoms with van der Waals surface area (Å²) in [6.07, 6.45) is 3.60. The minimum absolute atomic E-state index is 0.814. The number of fused-ring (bicyclic) bond motifs is 1. The number of imidazole rings is 1. The Morgan fingerprint density at radius 2 is 2.35 bits per heavy atom. The van der Waals surface area contributed by atoms with Crippen molar-refractivity contribution >= 4 is 11.0 Å². The zero-order chi connectivity index (χ0) is 13.9. The number of aromatic nitrogens is 2. The third kappa shape index (κ3) is 2.52. The van der Waals surface area contributed by atoms with E-state index >= 15 is 0 Å². The Kier molecular flexibility index (Phi) is 3.92. The van der Waals surface area contributed by atoms with E-state index in [9.17, 15) is 0 Å². The average Bonchev–Trinajstić information content (AvgIpc) is 3.10. The highest BCUT2D eigenvalue weighted by molar-refractivity contribution is 5.77. The van der Waals surface area contributed by atoms with Crippen LogP contribution in [-0.2, 0) is 13.0 Å². The quantitative estimate of drug-likeness (QED) is 0.910. The van der Waals surface area contributed by atoms with Crippen molar-refractivity contribution < 1.29 is 4.74 Å². The van der Waals surface area contributed by atoms with Gasteiger partial charge in [-0.2, -0.15) is 0 Å². The molecule has 4 nitrogen and oxygen atoms in total. The lowest BCUT2D eigenvalue weighted by atomic mass is 10.0. The Morgan fingerprint density at radius 1 is 1.45 bits per heavy atom. The normalized spacial score (nSPS) is 18.8. The van der Waals surface area contributed by atoms with Crippen LogP contribution < -0.4 is 10.1 Å². The number of benzene rings is 1. The molecule has 1 atom stereocenters. The van der Waals surface area contributed by atoms with Gasteiger partial charge in [0.2, 0.25) is 0 Å². The standard InChI is InChI=1S/C16H23N3O/c1-3-19-15-6-5-13(20-2)10-14(15)18-16(19)7-4-12-8-9-17-11-12/h5-6,10,12,17H,3-4,7-9,11H2,1-2H3. The number of methoxy groups -OCH3 is 1. The van der Waals surface area contributed by atoms with Crippen molar-refractivity contribution in [1.82, 2.24) is 14.9 Å². The minimum Gasteiger partial charge on any atom is -0.497 e. The van der Waals surface area contributed by atoms with Crippen molar-refractivity contribution in [2.45, 2.75) is 32.7 Å². The first-order valence-electron chi connectivity index (χ1n) is 7.55. The smallest absolute Gasteiger partial charge is 0.121 e. The minimum atomic E-state index is 0.814. The fraction of sp³-hybridized carbons (Fsp3) is 0.562. The van der Waals surface area contributed by atoms with Crippen LogP contribution in [-0.4, -0.2) is 29.8 Å². The lowest BCUT2D eigenvalue weighted by molar-refractivity contribution is 0.415. The Morgan fingerprint density at radius 3 is 3.05 bits per heavy atom. The number of nitrogens with zero attached hydrogens (tertiary/aromatic N) is 2. The van der Waals surface area contributed by atoms with E-state index < -0.39 is 0 Å². The second-order valence-electron chi connectivity index (χ2n) is 5.52. The molecule has 0 radical (unpaired) electrons. The van der Waals surface area contributed by atoms with Crippen LogP contribution in [0.4, 0.5) is 0 Å². The predicted octanol–water partition coefficient (Wildman–Crippen LogP) is 2.61. The van der Waals surface area contributed by atoms with Crippen LogP contribution in [0.3, 0.4) is 0 Å². The van der Waals surface area contributed by atoms with Crippen LogP contribution >= 0.6 is 0 Å². The molecular formula is C16H23N3O. The molecule has 2 aromatic rings. The molecule has 1 unspecified atom stereocenters. The molecule has 108 valence electrons. The molecule has 2 heterocycles. The topological polar surface area (TPSA) is 39.1 Å². The summed E-state index contributed by atoms with van der Waals surface area (Å²) in [5, 5.41) is 3.44. The van der Waals surface area contributed by atoms with E-state index in [1.807, 2.05) is 12.1 Å². The summed E-state index contributed by atoms with van der Waals surface area (Å²) >= 11 is 0. The van der Waals surface area contributed by atoms with Gasteiger partial charge in [-0.1, -0.05) is 0 Å². The van der Waals surface area contributed by atoms with E-state index in [0.29, 0.717) is 0 Å². The Balaban J connectivity index is 1.84.